The monoisotopic (exact) mass is 410 g/mol. The first kappa shape index (κ1) is 18.6. The fourth-order valence-corrected chi connectivity index (χ4v) is 5.53. The van der Waals surface area contributed by atoms with Gasteiger partial charge >= 0.3 is 0 Å². The number of nitrogens with zero attached hydrogens (tertiary/aromatic N) is 4. The SMILES string of the molecule is c1ccc([C@@H]2CCc3c[n+](CCC[n+]4cc5n(c4)[C@H](c4ccccc4)CC5)cn32)cc1. The molecule has 4 heteroatoms. The van der Waals surface area contributed by atoms with Crippen LogP contribution in [0.1, 0.15) is 53.9 Å². The van der Waals surface area contributed by atoms with Crippen molar-refractivity contribution in [1.29, 1.82) is 0 Å². The minimum absolute atomic E-state index is 0.496. The zero-order valence-electron chi connectivity index (χ0n) is 18.0. The van der Waals surface area contributed by atoms with Gasteiger partial charge < -0.3 is 0 Å². The number of rotatable bonds is 6. The van der Waals surface area contributed by atoms with Crippen LogP contribution in [0.25, 0.3) is 0 Å². The van der Waals surface area contributed by atoms with Gasteiger partial charge in [-0.1, -0.05) is 60.7 Å². The van der Waals surface area contributed by atoms with Crippen molar-refractivity contribution in [2.75, 3.05) is 0 Å². The van der Waals surface area contributed by atoms with E-state index in [0.29, 0.717) is 12.1 Å². The third-order valence-electron chi connectivity index (χ3n) is 7.06. The van der Waals surface area contributed by atoms with E-state index in [-0.39, 0.29) is 0 Å². The van der Waals surface area contributed by atoms with Crippen LogP contribution >= 0.6 is 0 Å². The Morgan fingerprint density at radius 3 is 1.55 bits per heavy atom. The Morgan fingerprint density at radius 1 is 0.645 bits per heavy atom. The van der Waals surface area contributed by atoms with Crippen LogP contribution in [0.5, 0.6) is 0 Å². The van der Waals surface area contributed by atoms with Crippen molar-refractivity contribution < 1.29 is 9.13 Å². The molecule has 31 heavy (non-hydrogen) atoms. The highest BCUT2D eigenvalue weighted by Gasteiger charge is 2.31. The second kappa shape index (κ2) is 7.84. The summed E-state index contributed by atoms with van der Waals surface area (Å²) in [6.45, 7) is 2.13. The Morgan fingerprint density at radius 2 is 1.10 bits per heavy atom. The topological polar surface area (TPSA) is 17.6 Å². The molecule has 2 aromatic heterocycles. The van der Waals surface area contributed by atoms with Gasteiger partial charge in [-0.2, -0.15) is 0 Å². The van der Waals surface area contributed by atoms with E-state index in [4.69, 9.17) is 0 Å². The van der Waals surface area contributed by atoms with Crippen molar-refractivity contribution in [3.63, 3.8) is 0 Å². The standard InChI is InChI=1S/C27H30N4/c1-3-8-22(9-4-1)26-14-12-24-18-28(20-30(24)26)16-7-17-29-19-25-13-15-27(31(25)21-29)23-10-5-2-6-11-23/h1-6,8-11,18-21,26-27H,7,12-17H2/q+2/t26-,27-/m0/s1. The summed E-state index contributed by atoms with van der Waals surface area (Å²) < 4.78 is 9.75. The first-order valence-corrected chi connectivity index (χ1v) is 11.6. The molecular weight excluding hydrogens is 380 g/mol. The van der Waals surface area contributed by atoms with Gasteiger partial charge in [0.25, 0.3) is 0 Å². The Balaban J connectivity index is 1.10. The van der Waals surface area contributed by atoms with Gasteiger partial charge in [-0.05, 0) is 11.1 Å². The molecule has 4 heterocycles. The summed E-state index contributed by atoms with van der Waals surface area (Å²) >= 11 is 0. The molecule has 0 bridgehead atoms. The molecule has 0 unspecified atom stereocenters. The van der Waals surface area contributed by atoms with Gasteiger partial charge in [-0.3, -0.25) is 0 Å². The first-order valence-electron chi connectivity index (χ1n) is 11.6. The summed E-state index contributed by atoms with van der Waals surface area (Å²) in [5.41, 5.74) is 5.79. The number of aryl methyl sites for hydroxylation is 4. The molecule has 0 spiro atoms. The Kier molecular flexibility index (Phi) is 4.71. The molecule has 0 amide bonds. The van der Waals surface area contributed by atoms with Crippen LogP contribution in [-0.2, 0) is 25.9 Å². The number of fused-ring (bicyclic) bond motifs is 2. The molecule has 156 valence electrons. The third kappa shape index (κ3) is 3.50. The van der Waals surface area contributed by atoms with Crippen LogP contribution in [0.4, 0.5) is 0 Å². The van der Waals surface area contributed by atoms with Gasteiger partial charge in [0, 0.05) is 32.1 Å². The van der Waals surface area contributed by atoms with Crippen LogP contribution in [-0.4, -0.2) is 9.13 Å². The predicted octanol–water partition coefficient (Wildman–Crippen LogP) is 4.03. The van der Waals surface area contributed by atoms with Gasteiger partial charge in [0.15, 0.2) is 0 Å². The summed E-state index contributed by atoms with van der Waals surface area (Å²) in [6, 6.07) is 22.8. The fraction of sp³-hybridized carbons (Fsp3) is 0.333. The molecule has 4 nitrogen and oxygen atoms in total. The Hall–Kier alpha value is -3.14. The van der Waals surface area contributed by atoms with Gasteiger partial charge in [0.1, 0.15) is 35.9 Å². The van der Waals surface area contributed by atoms with Crippen molar-refractivity contribution in [1.82, 2.24) is 9.13 Å². The molecule has 2 aliphatic heterocycles. The number of hydrogen-bond donors (Lipinski definition) is 0. The molecule has 6 rings (SSSR count). The summed E-state index contributed by atoms with van der Waals surface area (Å²) in [5.74, 6) is 0. The highest BCUT2D eigenvalue weighted by molar-refractivity contribution is 5.24. The van der Waals surface area contributed by atoms with Crippen molar-refractivity contribution in [2.24, 2.45) is 0 Å². The van der Waals surface area contributed by atoms with Gasteiger partial charge in [0.05, 0.1) is 13.1 Å². The average Bonchev–Trinajstić information content (AvgIpc) is 3.55. The Bertz CT molecular complexity index is 1080. The Labute approximate surface area is 184 Å². The number of benzene rings is 2. The third-order valence-corrected chi connectivity index (χ3v) is 7.06. The average molecular weight is 411 g/mol. The second-order valence-corrected chi connectivity index (χ2v) is 9.05. The molecule has 0 saturated carbocycles. The first-order chi connectivity index (χ1) is 15.3. The molecule has 0 fully saturated rings. The van der Waals surface area contributed by atoms with E-state index in [9.17, 15) is 0 Å². The van der Waals surface area contributed by atoms with E-state index in [2.05, 4.69) is 104 Å². The maximum atomic E-state index is 2.49. The quantitative estimate of drug-likeness (QED) is 0.427. The van der Waals surface area contributed by atoms with Crippen molar-refractivity contribution >= 4 is 0 Å². The molecule has 2 aliphatic rings. The molecule has 2 atom stereocenters. The predicted molar refractivity (Wildman–Crippen MR) is 120 cm³/mol. The molecule has 0 N–H and O–H groups in total. The molecule has 0 radical (unpaired) electrons. The summed E-state index contributed by atoms with van der Waals surface area (Å²) in [6.07, 6.45) is 15.3. The minimum atomic E-state index is 0.496. The lowest BCUT2D eigenvalue weighted by Crippen LogP contribution is -2.37. The minimum Gasteiger partial charge on any atom is -0.236 e. The number of hydrogen-bond acceptors (Lipinski definition) is 0. The van der Waals surface area contributed by atoms with E-state index in [1.54, 1.807) is 0 Å². The fourth-order valence-electron chi connectivity index (χ4n) is 5.53. The van der Waals surface area contributed by atoms with E-state index in [0.717, 1.165) is 19.5 Å². The highest BCUT2D eigenvalue weighted by Crippen LogP contribution is 2.31. The van der Waals surface area contributed by atoms with Crippen LogP contribution < -0.4 is 9.13 Å². The van der Waals surface area contributed by atoms with E-state index >= 15 is 0 Å². The van der Waals surface area contributed by atoms with Crippen LogP contribution in [0.3, 0.4) is 0 Å². The zero-order valence-corrected chi connectivity index (χ0v) is 18.0. The molecule has 4 aromatic rings. The summed E-state index contributed by atoms with van der Waals surface area (Å²) in [4.78, 5) is 0. The van der Waals surface area contributed by atoms with Crippen LogP contribution in [0.2, 0.25) is 0 Å². The second-order valence-electron chi connectivity index (χ2n) is 9.05. The van der Waals surface area contributed by atoms with E-state index in [1.165, 1.54) is 48.2 Å². The van der Waals surface area contributed by atoms with Gasteiger partial charge in [0.2, 0.25) is 12.7 Å². The molecule has 2 aromatic carbocycles. The number of aromatic nitrogens is 4. The lowest BCUT2D eigenvalue weighted by atomic mass is 10.1. The normalized spacial score (nSPS) is 19.5. The van der Waals surface area contributed by atoms with Crippen molar-refractivity contribution in [3.8, 4) is 0 Å². The highest BCUT2D eigenvalue weighted by atomic mass is 15.2. The van der Waals surface area contributed by atoms with Crippen LogP contribution in [0.15, 0.2) is 85.7 Å². The summed E-state index contributed by atoms with van der Waals surface area (Å²) in [5, 5.41) is 0. The van der Waals surface area contributed by atoms with Gasteiger partial charge in [-0.15, -0.1) is 0 Å². The lowest BCUT2D eigenvalue weighted by molar-refractivity contribution is -0.726. The van der Waals surface area contributed by atoms with Crippen molar-refractivity contribution in [3.05, 3.63) is 108 Å². The van der Waals surface area contributed by atoms with E-state index < -0.39 is 0 Å². The lowest BCUT2D eigenvalue weighted by Gasteiger charge is -2.08. The maximum Gasteiger partial charge on any atom is 0.244 e. The molecule has 0 aliphatic carbocycles. The van der Waals surface area contributed by atoms with Crippen molar-refractivity contribution in [2.45, 2.75) is 57.3 Å². The van der Waals surface area contributed by atoms with Crippen LogP contribution in [0, 0.1) is 0 Å². The smallest absolute Gasteiger partial charge is 0.236 e. The van der Waals surface area contributed by atoms with Gasteiger partial charge in [-0.25, -0.2) is 18.3 Å². The molecular formula is C27H30N4+2. The maximum absolute atomic E-state index is 2.49. The number of imidazole rings is 2. The largest absolute Gasteiger partial charge is 0.244 e. The summed E-state index contributed by atoms with van der Waals surface area (Å²) in [7, 11) is 0. The molecule has 0 saturated heterocycles. The van der Waals surface area contributed by atoms with E-state index in [1.807, 2.05) is 0 Å². The zero-order chi connectivity index (χ0) is 20.6.